The van der Waals surface area contributed by atoms with Crippen LogP contribution in [-0.2, 0) is 13.1 Å². The Morgan fingerprint density at radius 2 is 0.606 bits per heavy atom. The minimum Gasteiger partial charge on any atom is -0.311 e. The van der Waals surface area contributed by atoms with E-state index in [1.165, 1.54) is 11.1 Å². The van der Waals surface area contributed by atoms with Crippen molar-refractivity contribution in [2.75, 3.05) is 19.8 Å². The molecule has 9 aromatic rings. The topological polar surface area (TPSA) is 37.7 Å². The van der Waals surface area contributed by atoms with Gasteiger partial charge in [0.25, 0.3) is 0 Å². The van der Waals surface area contributed by atoms with Gasteiger partial charge in [-0.15, -0.1) is 0 Å². The minimum atomic E-state index is 0.588. The van der Waals surface area contributed by atoms with Crippen LogP contribution in [0.2, 0.25) is 0 Å². The van der Waals surface area contributed by atoms with E-state index in [2.05, 4.69) is 252 Å². The largest absolute Gasteiger partial charge is 0.311 e. The van der Waals surface area contributed by atoms with Crippen molar-refractivity contribution in [3.05, 3.63) is 276 Å². The fourth-order valence-electron chi connectivity index (χ4n) is 8.04. The summed E-state index contributed by atoms with van der Waals surface area (Å²) in [4.78, 5) is 4.53. The van der Waals surface area contributed by atoms with E-state index in [4.69, 9.17) is 10.2 Å². The molecule has 9 rings (SSSR count). The highest BCUT2D eigenvalue weighted by atomic mass is 15.5. The lowest BCUT2D eigenvalue weighted by Crippen LogP contribution is -2.18. The molecule has 9 aromatic carbocycles. The Hall–Kier alpha value is -8.48. The second-order valence-corrected chi connectivity index (χ2v) is 16.3. The van der Waals surface area contributed by atoms with Gasteiger partial charge in [-0.25, -0.2) is 0 Å². The van der Waals surface area contributed by atoms with Crippen molar-refractivity contribution in [3.63, 3.8) is 0 Å². The predicted molar refractivity (Wildman–Crippen MR) is 279 cm³/mol. The molecule has 0 saturated heterocycles. The van der Waals surface area contributed by atoms with Crippen LogP contribution in [0, 0.1) is 13.8 Å². The molecule has 0 unspecified atom stereocenters. The Labute approximate surface area is 389 Å². The number of rotatable bonds is 16. The lowest BCUT2D eigenvalue weighted by molar-refractivity contribution is 0.838. The molecule has 0 bridgehead atoms. The maximum absolute atomic E-state index is 5.11. The second kappa shape index (κ2) is 20.8. The van der Waals surface area contributed by atoms with Crippen LogP contribution < -0.4 is 19.8 Å². The molecule has 0 heterocycles. The number of para-hydroxylation sites is 4. The molecule has 6 heteroatoms. The summed E-state index contributed by atoms with van der Waals surface area (Å²) in [6.45, 7) is 5.42. The summed E-state index contributed by atoms with van der Waals surface area (Å²) in [6, 6.07) is 84.8. The molecular weight excluding hydrogens is 805 g/mol. The zero-order chi connectivity index (χ0) is 44.9. The van der Waals surface area contributed by atoms with E-state index in [9.17, 15) is 0 Å². The maximum Gasteiger partial charge on any atom is 0.0666 e. The van der Waals surface area contributed by atoms with Gasteiger partial charge in [-0.1, -0.05) is 146 Å². The van der Waals surface area contributed by atoms with Crippen molar-refractivity contribution in [3.8, 4) is 0 Å². The summed E-state index contributed by atoms with van der Waals surface area (Å²) >= 11 is 0. The Morgan fingerprint density at radius 3 is 0.939 bits per heavy atom. The van der Waals surface area contributed by atoms with Crippen LogP contribution in [0.1, 0.15) is 33.4 Å². The molecule has 322 valence electrons. The number of nitrogens with zero attached hydrogens (tertiary/aromatic N) is 6. The number of hydrogen-bond donors (Lipinski definition) is 0. The molecule has 66 heavy (non-hydrogen) atoms. The third kappa shape index (κ3) is 10.8. The number of hydrogen-bond acceptors (Lipinski definition) is 6. The molecule has 0 aromatic heterocycles. The molecule has 0 saturated carbocycles. The van der Waals surface area contributed by atoms with Crippen LogP contribution in [0.3, 0.4) is 0 Å². The minimum absolute atomic E-state index is 0.588. The van der Waals surface area contributed by atoms with Gasteiger partial charge in [0.15, 0.2) is 0 Å². The van der Waals surface area contributed by atoms with Crippen molar-refractivity contribution in [2.24, 2.45) is 10.2 Å². The predicted octanol–water partition coefficient (Wildman–Crippen LogP) is 15.3. The van der Waals surface area contributed by atoms with Gasteiger partial charge in [0.1, 0.15) is 0 Å². The van der Waals surface area contributed by atoms with Gasteiger partial charge in [0, 0.05) is 34.1 Å². The first-order chi connectivity index (χ1) is 32.5. The van der Waals surface area contributed by atoms with Crippen molar-refractivity contribution in [1.29, 1.82) is 0 Å². The highest BCUT2D eigenvalue weighted by molar-refractivity contribution is 5.84. The molecule has 0 aliphatic rings. The molecule has 0 aliphatic carbocycles. The smallest absolute Gasteiger partial charge is 0.0666 e. The van der Waals surface area contributed by atoms with Gasteiger partial charge in [0.2, 0.25) is 0 Å². The lowest BCUT2D eigenvalue weighted by atomic mass is 10.1. The molecule has 6 nitrogen and oxygen atoms in total. The normalized spacial score (nSPS) is 11.2. The fourth-order valence-corrected chi connectivity index (χ4v) is 8.04. The van der Waals surface area contributed by atoms with Gasteiger partial charge in [0.05, 0.1) is 36.9 Å². The summed E-state index contributed by atoms with van der Waals surface area (Å²) in [6.07, 6.45) is 3.90. The van der Waals surface area contributed by atoms with Crippen molar-refractivity contribution in [1.82, 2.24) is 0 Å². The van der Waals surface area contributed by atoms with E-state index in [-0.39, 0.29) is 0 Å². The molecule has 0 aliphatic heterocycles. The van der Waals surface area contributed by atoms with Gasteiger partial charge in [-0.05, 0) is 144 Å². The highest BCUT2D eigenvalue weighted by Gasteiger charge is 2.15. The first kappa shape index (κ1) is 42.8. The Bertz CT molecular complexity index is 2710. The summed E-state index contributed by atoms with van der Waals surface area (Å²) in [5, 5.41) is 14.4. The van der Waals surface area contributed by atoms with Gasteiger partial charge < -0.3 is 9.80 Å². The van der Waals surface area contributed by atoms with Crippen molar-refractivity contribution < 1.29 is 0 Å². The molecule has 0 fully saturated rings. The van der Waals surface area contributed by atoms with E-state index in [1.807, 2.05) is 36.7 Å². The summed E-state index contributed by atoms with van der Waals surface area (Å²) in [5.41, 5.74) is 15.3. The van der Waals surface area contributed by atoms with Crippen LogP contribution >= 0.6 is 0 Å². The third-order valence-electron chi connectivity index (χ3n) is 11.3. The SMILES string of the molecule is Cc1cccc(N(Cc2cccc(CN(N=Cc3ccc(N(c4ccccc4)c4ccccc4)cc3)c3cccc(C)c3)c2)N=Cc2ccc(N(c3ccccc3)c3ccccc3)cc2)c1. The first-order valence-corrected chi connectivity index (χ1v) is 22.4. The van der Waals surface area contributed by atoms with Crippen LogP contribution in [0.15, 0.2) is 253 Å². The monoisotopic (exact) mass is 856 g/mol. The zero-order valence-corrected chi connectivity index (χ0v) is 37.3. The molecule has 0 atom stereocenters. The molecular formula is C60H52N6. The van der Waals surface area contributed by atoms with Crippen LogP contribution in [0.5, 0.6) is 0 Å². The Balaban J connectivity index is 0.950. The fraction of sp³-hybridized carbons (Fsp3) is 0.0667. The van der Waals surface area contributed by atoms with Gasteiger partial charge in [-0.3, -0.25) is 10.0 Å². The number of aryl methyl sites for hydroxylation is 2. The van der Waals surface area contributed by atoms with Crippen LogP contribution in [0.25, 0.3) is 0 Å². The summed E-state index contributed by atoms with van der Waals surface area (Å²) < 4.78 is 0. The Kier molecular flexibility index (Phi) is 13.5. The molecule has 0 amide bonds. The standard InChI is InChI=1S/C60H52N6/c1-47-18-15-30-59(40-47)63(61-43-49-32-36-57(37-33-49)65(53-22-7-3-8-23-53)54-24-9-4-10-25-54)45-51-20-17-21-52(42-51)46-64(60-31-16-19-48(2)41-60)62-44-50-34-38-58(39-35-50)66(55-26-11-5-12-27-55)56-28-13-6-14-29-56/h3-44H,45-46H2,1-2H3. The quantitative estimate of drug-likeness (QED) is 0.0717. The second-order valence-electron chi connectivity index (χ2n) is 16.3. The van der Waals surface area contributed by atoms with Crippen molar-refractivity contribution in [2.45, 2.75) is 26.9 Å². The van der Waals surface area contributed by atoms with Crippen molar-refractivity contribution >= 4 is 57.9 Å². The van der Waals surface area contributed by atoms with Gasteiger partial charge >= 0.3 is 0 Å². The maximum atomic E-state index is 5.11. The van der Waals surface area contributed by atoms with E-state index < -0.39 is 0 Å². The summed E-state index contributed by atoms with van der Waals surface area (Å²) in [5.74, 6) is 0. The van der Waals surface area contributed by atoms with E-state index in [1.54, 1.807) is 0 Å². The van der Waals surface area contributed by atoms with Gasteiger partial charge in [-0.2, -0.15) is 10.2 Å². The number of benzene rings is 9. The molecule has 0 spiro atoms. The average molecular weight is 857 g/mol. The number of hydrazone groups is 2. The van der Waals surface area contributed by atoms with E-state index in [0.29, 0.717) is 13.1 Å². The van der Waals surface area contributed by atoms with E-state index >= 15 is 0 Å². The third-order valence-corrected chi connectivity index (χ3v) is 11.3. The number of anilines is 8. The average Bonchev–Trinajstić information content (AvgIpc) is 3.36. The zero-order valence-electron chi connectivity index (χ0n) is 37.3. The molecule has 0 N–H and O–H groups in total. The van der Waals surface area contributed by atoms with Crippen LogP contribution in [0.4, 0.5) is 45.5 Å². The van der Waals surface area contributed by atoms with Crippen LogP contribution in [-0.4, -0.2) is 12.4 Å². The highest BCUT2D eigenvalue weighted by Crippen LogP contribution is 2.35. The Morgan fingerprint density at radius 1 is 0.303 bits per heavy atom. The lowest BCUT2D eigenvalue weighted by Gasteiger charge is -2.25. The first-order valence-electron chi connectivity index (χ1n) is 22.4. The summed E-state index contributed by atoms with van der Waals surface area (Å²) in [7, 11) is 0. The van der Waals surface area contributed by atoms with E-state index in [0.717, 1.165) is 67.8 Å². The molecule has 0 radical (unpaired) electrons.